The minimum Gasteiger partial charge on any atom is -0.298 e. The van der Waals surface area contributed by atoms with Gasteiger partial charge in [0.1, 0.15) is 0 Å². The van der Waals surface area contributed by atoms with Gasteiger partial charge in [-0.2, -0.15) is 0 Å². The Labute approximate surface area is 135 Å². The molecule has 0 N–H and O–H groups in total. The number of nitrogens with zero attached hydrogens (tertiary/aromatic N) is 1. The highest BCUT2D eigenvalue weighted by Gasteiger charge is 2.36. The van der Waals surface area contributed by atoms with E-state index in [0.717, 1.165) is 24.9 Å². The fourth-order valence-electron chi connectivity index (χ4n) is 3.35. The summed E-state index contributed by atoms with van der Waals surface area (Å²) in [6, 6.07) is 8.67. The maximum atomic E-state index is 12.7. The Balaban J connectivity index is 2.06. The number of hydrogen-bond donors (Lipinski definition) is 0. The molecule has 0 spiro atoms. The van der Waals surface area contributed by atoms with Gasteiger partial charge in [-0.05, 0) is 56.7 Å². The van der Waals surface area contributed by atoms with Crippen molar-refractivity contribution in [1.29, 1.82) is 0 Å². The van der Waals surface area contributed by atoms with Gasteiger partial charge in [0.2, 0.25) is 0 Å². The molecule has 1 fully saturated rings. The molecule has 1 heterocycles. The predicted octanol–water partition coefficient (Wildman–Crippen LogP) is 4.36. The molecule has 1 aromatic carbocycles. The highest BCUT2D eigenvalue weighted by atomic mass is 16.1. The van der Waals surface area contributed by atoms with E-state index in [4.69, 9.17) is 0 Å². The smallest absolute Gasteiger partial charge is 0.154 e. The van der Waals surface area contributed by atoms with Crippen LogP contribution in [0.1, 0.15) is 65.5 Å². The van der Waals surface area contributed by atoms with Crippen LogP contribution in [0.25, 0.3) is 0 Å². The van der Waals surface area contributed by atoms with Gasteiger partial charge in [-0.3, -0.25) is 9.69 Å². The Morgan fingerprint density at radius 1 is 1.09 bits per heavy atom. The van der Waals surface area contributed by atoms with Crippen LogP contribution in [0.3, 0.4) is 0 Å². The van der Waals surface area contributed by atoms with Crippen LogP contribution in [-0.2, 0) is 16.6 Å². The van der Waals surface area contributed by atoms with Crippen molar-refractivity contribution in [2.45, 2.75) is 77.8 Å². The highest BCUT2D eigenvalue weighted by molar-refractivity contribution is 5.86. The molecular weight excluding hydrogens is 270 g/mol. The fourth-order valence-corrected chi connectivity index (χ4v) is 3.35. The Hall–Kier alpha value is -1.15. The molecule has 1 atom stereocenters. The molecule has 122 valence electrons. The molecule has 0 radical (unpaired) electrons. The average molecular weight is 301 g/mol. The molecule has 22 heavy (non-hydrogen) atoms. The summed E-state index contributed by atoms with van der Waals surface area (Å²) in [4.78, 5) is 15.1. The Morgan fingerprint density at radius 2 is 1.68 bits per heavy atom. The minimum atomic E-state index is 0.0763. The lowest BCUT2D eigenvalue weighted by molar-refractivity contribution is -0.124. The summed E-state index contributed by atoms with van der Waals surface area (Å²) in [5.74, 6) is 0.371. The summed E-state index contributed by atoms with van der Waals surface area (Å²) >= 11 is 0. The van der Waals surface area contributed by atoms with Crippen molar-refractivity contribution in [1.82, 2.24) is 4.90 Å². The molecule has 0 amide bonds. The van der Waals surface area contributed by atoms with E-state index in [2.05, 4.69) is 70.7 Å². The van der Waals surface area contributed by atoms with Gasteiger partial charge in [-0.25, -0.2) is 0 Å². The van der Waals surface area contributed by atoms with Crippen molar-refractivity contribution in [3.63, 3.8) is 0 Å². The van der Waals surface area contributed by atoms with Crippen molar-refractivity contribution in [2.75, 3.05) is 6.54 Å². The van der Waals surface area contributed by atoms with Crippen molar-refractivity contribution in [3.8, 4) is 0 Å². The van der Waals surface area contributed by atoms with E-state index in [-0.39, 0.29) is 17.0 Å². The van der Waals surface area contributed by atoms with Crippen molar-refractivity contribution < 1.29 is 4.79 Å². The summed E-state index contributed by atoms with van der Waals surface area (Å²) in [6.07, 6.45) is 2.70. The molecule has 1 saturated heterocycles. The SMILES string of the molecule is CC(C)(C)c1ccc(CC(=O)[C@@H]2CCCN2C(C)(C)C)cc1. The quantitative estimate of drug-likeness (QED) is 0.827. The molecule has 0 aromatic heterocycles. The summed E-state index contributed by atoms with van der Waals surface area (Å²) in [6.45, 7) is 14.3. The second-order valence-electron chi connectivity index (χ2n) is 8.61. The Kier molecular flexibility index (Phi) is 4.81. The van der Waals surface area contributed by atoms with Gasteiger partial charge in [-0.15, -0.1) is 0 Å². The average Bonchev–Trinajstić information content (AvgIpc) is 2.87. The predicted molar refractivity (Wildman–Crippen MR) is 93.3 cm³/mol. The first-order valence-corrected chi connectivity index (χ1v) is 8.48. The van der Waals surface area contributed by atoms with Gasteiger partial charge in [0.25, 0.3) is 0 Å². The van der Waals surface area contributed by atoms with E-state index in [1.54, 1.807) is 0 Å². The largest absolute Gasteiger partial charge is 0.298 e. The number of carbonyl (C=O) groups excluding carboxylic acids is 1. The molecule has 2 heteroatoms. The van der Waals surface area contributed by atoms with Gasteiger partial charge >= 0.3 is 0 Å². The maximum absolute atomic E-state index is 12.7. The van der Waals surface area contributed by atoms with Crippen molar-refractivity contribution in [2.24, 2.45) is 0 Å². The second kappa shape index (κ2) is 6.16. The molecule has 2 rings (SSSR count). The van der Waals surface area contributed by atoms with E-state index < -0.39 is 0 Å². The number of benzene rings is 1. The van der Waals surface area contributed by atoms with E-state index >= 15 is 0 Å². The maximum Gasteiger partial charge on any atom is 0.154 e. The first-order chi connectivity index (χ1) is 10.1. The van der Waals surface area contributed by atoms with E-state index in [1.165, 1.54) is 5.56 Å². The third-order valence-corrected chi connectivity index (χ3v) is 4.68. The second-order valence-corrected chi connectivity index (χ2v) is 8.61. The van der Waals surface area contributed by atoms with Crippen LogP contribution >= 0.6 is 0 Å². The molecule has 0 bridgehead atoms. The Bertz CT molecular complexity index is 516. The molecule has 0 aliphatic carbocycles. The third-order valence-electron chi connectivity index (χ3n) is 4.68. The molecule has 0 unspecified atom stereocenters. The van der Waals surface area contributed by atoms with Crippen molar-refractivity contribution in [3.05, 3.63) is 35.4 Å². The van der Waals surface area contributed by atoms with Gasteiger partial charge in [0.15, 0.2) is 5.78 Å². The highest BCUT2D eigenvalue weighted by Crippen LogP contribution is 2.28. The first kappa shape index (κ1) is 17.2. The number of likely N-dealkylation sites (tertiary alicyclic amines) is 1. The zero-order chi connectivity index (χ0) is 16.5. The van der Waals surface area contributed by atoms with Crippen LogP contribution in [0.4, 0.5) is 0 Å². The lowest BCUT2D eigenvalue weighted by Gasteiger charge is -2.36. The topological polar surface area (TPSA) is 20.3 Å². The molecule has 1 aromatic rings. The number of Topliss-reactive ketones (excluding diaryl/α,β-unsaturated/α-hetero) is 1. The Morgan fingerprint density at radius 3 is 2.18 bits per heavy atom. The third kappa shape index (κ3) is 3.98. The zero-order valence-electron chi connectivity index (χ0n) is 15.1. The summed E-state index contributed by atoms with van der Waals surface area (Å²) in [5, 5.41) is 0. The standard InChI is InChI=1S/C20H31NO/c1-19(2,3)16-11-9-15(10-12-16)14-18(22)17-8-7-13-21(17)20(4,5)6/h9-12,17H,7-8,13-14H2,1-6H3/t17-/m0/s1. The van der Waals surface area contributed by atoms with E-state index in [9.17, 15) is 4.79 Å². The number of rotatable bonds is 3. The van der Waals surface area contributed by atoms with Gasteiger partial charge in [0.05, 0.1) is 6.04 Å². The number of ketones is 1. The fraction of sp³-hybridized carbons (Fsp3) is 0.650. The summed E-state index contributed by atoms with van der Waals surface area (Å²) < 4.78 is 0. The van der Waals surface area contributed by atoms with Crippen LogP contribution in [0.15, 0.2) is 24.3 Å². The number of hydrogen-bond acceptors (Lipinski definition) is 2. The minimum absolute atomic E-state index is 0.0763. The zero-order valence-corrected chi connectivity index (χ0v) is 15.1. The molecular formula is C20H31NO. The lowest BCUT2D eigenvalue weighted by Crippen LogP contribution is -2.48. The monoisotopic (exact) mass is 301 g/mol. The van der Waals surface area contributed by atoms with E-state index in [0.29, 0.717) is 12.2 Å². The van der Waals surface area contributed by atoms with Crippen LogP contribution in [-0.4, -0.2) is 28.8 Å². The van der Waals surface area contributed by atoms with Crippen LogP contribution in [0, 0.1) is 0 Å². The summed E-state index contributed by atoms with van der Waals surface area (Å²) in [5.41, 5.74) is 2.70. The van der Waals surface area contributed by atoms with Crippen LogP contribution in [0.2, 0.25) is 0 Å². The normalized spacial score (nSPS) is 20.4. The molecule has 1 aliphatic heterocycles. The van der Waals surface area contributed by atoms with Gasteiger partial charge < -0.3 is 0 Å². The number of carbonyl (C=O) groups is 1. The van der Waals surface area contributed by atoms with Crippen molar-refractivity contribution >= 4 is 5.78 Å². The molecule has 2 nitrogen and oxygen atoms in total. The first-order valence-electron chi connectivity index (χ1n) is 8.48. The lowest BCUT2D eigenvalue weighted by atomic mass is 9.86. The van der Waals surface area contributed by atoms with Gasteiger partial charge in [0, 0.05) is 12.0 Å². The van der Waals surface area contributed by atoms with Crippen LogP contribution < -0.4 is 0 Å². The summed E-state index contributed by atoms with van der Waals surface area (Å²) in [7, 11) is 0. The van der Waals surface area contributed by atoms with Gasteiger partial charge in [-0.1, -0.05) is 45.0 Å². The van der Waals surface area contributed by atoms with E-state index in [1.807, 2.05) is 0 Å². The van der Waals surface area contributed by atoms with Crippen LogP contribution in [0.5, 0.6) is 0 Å². The molecule has 0 saturated carbocycles. The molecule has 1 aliphatic rings.